The zero-order valence-corrected chi connectivity index (χ0v) is 28.1. The fraction of sp³-hybridized carbons (Fsp3) is 0.265. The van der Waals surface area contributed by atoms with Gasteiger partial charge >= 0.3 is 0 Å². The van der Waals surface area contributed by atoms with Crippen LogP contribution in [0.25, 0.3) is 0 Å². The van der Waals surface area contributed by atoms with Crippen LogP contribution < -0.4 is 25.6 Å². The Hall–Kier alpha value is -4.65. The highest BCUT2D eigenvalue weighted by atomic mass is 35.5. The minimum Gasteiger partial charge on any atom is -0.494 e. The molecule has 1 fully saturated rings. The van der Waals surface area contributed by atoms with Crippen LogP contribution in [0.15, 0.2) is 90.5 Å². The fourth-order valence-electron chi connectivity index (χ4n) is 5.20. The number of methoxy groups -OCH3 is 1. The molecule has 0 bridgehead atoms. The number of nitrogens with zero attached hydrogens (tertiary/aromatic N) is 4. The number of ether oxygens (including phenoxy) is 1. The first kappa shape index (κ1) is 33.7. The summed E-state index contributed by atoms with van der Waals surface area (Å²) in [4.78, 5) is 26.1. The highest BCUT2D eigenvalue weighted by Crippen LogP contribution is 2.39. The average Bonchev–Trinajstić information content (AvgIpc) is 3.07. The van der Waals surface area contributed by atoms with E-state index in [1.54, 1.807) is 51.3 Å². The molecule has 1 aromatic heterocycles. The second kappa shape index (κ2) is 14.8. The van der Waals surface area contributed by atoms with E-state index in [-0.39, 0.29) is 27.6 Å². The number of amides is 1. The van der Waals surface area contributed by atoms with Crippen molar-refractivity contribution in [1.29, 1.82) is 0 Å². The summed E-state index contributed by atoms with van der Waals surface area (Å²) < 4.78 is 31.8. The molecule has 5 rings (SSSR count). The van der Waals surface area contributed by atoms with E-state index in [1.165, 1.54) is 17.8 Å². The Bertz CT molecular complexity index is 1850. The van der Waals surface area contributed by atoms with Gasteiger partial charge in [-0.25, -0.2) is 13.4 Å². The minimum atomic E-state index is -3.59. The molecule has 11 nitrogen and oxygen atoms in total. The van der Waals surface area contributed by atoms with E-state index in [1.807, 2.05) is 24.3 Å². The monoisotopic (exact) mass is 675 g/mol. The molecular weight excluding hydrogens is 638 g/mol. The van der Waals surface area contributed by atoms with E-state index in [2.05, 4.69) is 54.4 Å². The topological polar surface area (TPSA) is 129 Å². The summed E-state index contributed by atoms with van der Waals surface area (Å²) in [5.41, 5.74) is 3.48. The predicted molar refractivity (Wildman–Crippen MR) is 188 cm³/mol. The number of aromatic nitrogens is 2. The van der Waals surface area contributed by atoms with Gasteiger partial charge in [0.05, 0.1) is 46.2 Å². The Morgan fingerprint density at radius 2 is 1.70 bits per heavy atom. The number of hydrogen-bond donors (Lipinski definition) is 3. The van der Waals surface area contributed by atoms with Crippen molar-refractivity contribution in [2.24, 2.45) is 0 Å². The van der Waals surface area contributed by atoms with E-state index in [4.69, 9.17) is 16.3 Å². The molecule has 246 valence electrons. The maximum atomic E-state index is 13.0. The van der Waals surface area contributed by atoms with E-state index in [9.17, 15) is 13.2 Å². The van der Waals surface area contributed by atoms with Gasteiger partial charge in [-0.15, -0.1) is 0 Å². The van der Waals surface area contributed by atoms with Gasteiger partial charge in [0.1, 0.15) is 10.8 Å². The number of carbonyl (C=O) groups excluding carboxylic acids is 1. The molecule has 0 saturated carbocycles. The Labute approximate surface area is 280 Å². The van der Waals surface area contributed by atoms with Crippen LogP contribution in [0.2, 0.25) is 5.02 Å². The number of benzene rings is 3. The first-order valence-corrected chi connectivity index (χ1v) is 17.1. The standard InChI is InChI=1S/C34H38ClN7O4S/c1-5-32(43)37-27-19-28(30(46-4)20-29(27)42-17-15-41(16-18-42)22-24-11-7-6-8-12-24)39-34-36-21-25(35)33(40-34)38-26-13-9-10-14-31(26)47(44,45)23(2)3/h5-14,19-21,23H,1,15-18,22H2,2-4H3,(H,37,43)(H2,36,38,39,40). The second-order valence-corrected chi connectivity index (χ2v) is 14.1. The van der Waals surface area contributed by atoms with Gasteiger partial charge in [0.2, 0.25) is 11.9 Å². The smallest absolute Gasteiger partial charge is 0.247 e. The highest BCUT2D eigenvalue weighted by molar-refractivity contribution is 7.92. The van der Waals surface area contributed by atoms with Crippen LogP contribution in [0.4, 0.5) is 34.5 Å². The van der Waals surface area contributed by atoms with Gasteiger partial charge < -0.3 is 25.6 Å². The number of piperazine rings is 1. The number of para-hydroxylation sites is 1. The normalized spacial score (nSPS) is 13.7. The number of rotatable bonds is 12. The van der Waals surface area contributed by atoms with E-state index >= 15 is 0 Å². The number of anilines is 6. The van der Waals surface area contributed by atoms with Gasteiger partial charge in [-0.3, -0.25) is 9.69 Å². The van der Waals surface area contributed by atoms with Crippen molar-refractivity contribution >= 4 is 61.9 Å². The molecule has 4 aromatic rings. The van der Waals surface area contributed by atoms with E-state index < -0.39 is 15.1 Å². The summed E-state index contributed by atoms with van der Waals surface area (Å²) in [6.07, 6.45) is 2.63. The third kappa shape index (κ3) is 8.02. The van der Waals surface area contributed by atoms with Gasteiger partial charge in [0.15, 0.2) is 15.7 Å². The summed E-state index contributed by atoms with van der Waals surface area (Å²) in [7, 11) is -2.02. The van der Waals surface area contributed by atoms with Crippen LogP contribution in [0, 0.1) is 0 Å². The quantitative estimate of drug-likeness (QED) is 0.148. The number of halogens is 1. The Balaban J connectivity index is 1.41. The molecular formula is C34H38ClN7O4S. The molecule has 0 aliphatic carbocycles. The van der Waals surface area contributed by atoms with Crippen LogP contribution in [-0.4, -0.2) is 67.7 Å². The zero-order chi connectivity index (χ0) is 33.6. The molecule has 47 heavy (non-hydrogen) atoms. The van der Waals surface area contributed by atoms with Crippen LogP contribution in [0.1, 0.15) is 19.4 Å². The zero-order valence-electron chi connectivity index (χ0n) is 26.5. The molecule has 1 saturated heterocycles. The van der Waals surface area contributed by atoms with Gasteiger partial charge in [-0.2, -0.15) is 4.98 Å². The average molecular weight is 676 g/mol. The molecule has 0 spiro atoms. The Morgan fingerprint density at radius 3 is 2.38 bits per heavy atom. The lowest BCUT2D eigenvalue weighted by Crippen LogP contribution is -2.46. The third-order valence-electron chi connectivity index (χ3n) is 7.78. The second-order valence-electron chi connectivity index (χ2n) is 11.2. The maximum absolute atomic E-state index is 13.0. The lowest BCUT2D eigenvalue weighted by Gasteiger charge is -2.37. The van der Waals surface area contributed by atoms with Crippen molar-refractivity contribution in [3.63, 3.8) is 0 Å². The minimum absolute atomic E-state index is 0.139. The molecule has 1 amide bonds. The van der Waals surface area contributed by atoms with Gasteiger partial charge in [0, 0.05) is 38.8 Å². The molecule has 3 aromatic carbocycles. The highest BCUT2D eigenvalue weighted by Gasteiger charge is 2.24. The first-order chi connectivity index (χ1) is 22.6. The van der Waals surface area contributed by atoms with Crippen molar-refractivity contribution in [2.75, 3.05) is 54.1 Å². The van der Waals surface area contributed by atoms with Crippen molar-refractivity contribution in [3.05, 3.63) is 96.2 Å². The maximum Gasteiger partial charge on any atom is 0.247 e. The molecule has 1 aliphatic heterocycles. The van der Waals surface area contributed by atoms with E-state index in [0.717, 1.165) is 38.4 Å². The van der Waals surface area contributed by atoms with Crippen LogP contribution >= 0.6 is 11.6 Å². The molecule has 0 atom stereocenters. The fourth-order valence-corrected chi connectivity index (χ4v) is 6.54. The molecule has 1 aliphatic rings. The summed E-state index contributed by atoms with van der Waals surface area (Å²) in [6, 6.07) is 20.6. The molecule has 0 radical (unpaired) electrons. The number of carbonyl (C=O) groups is 1. The van der Waals surface area contributed by atoms with Gasteiger partial charge in [-0.05, 0) is 43.7 Å². The number of nitrogens with one attached hydrogen (secondary N) is 3. The van der Waals surface area contributed by atoms with Gasteiger partial charge in [-0.1, -0.05) is 60.6 Å². The predicted octanol–water partition coefficient (Wildman–Crippen LogP) is 6.25. The van der Waals surface area contributed by atoms with E-state index in [0.29, 0.717) is 22.8 Å². The SMILES string of the molecule is C=CC(=O)Nc1cc(Nc2ncc(Cl)c(Nc3ccccc3S(=O)(=O)C(C)C)n2)c(OC)cc1N1CCN(Cc2ccccc2)CC1. The Kier molecular flexibility index (Phi) is 10.6. The van der Waals surface area contributed by atoms with Crippen molar-refractivity contribution < 1.29 is 17.9 Å². The number of sulfone groups is 1. The summed E-state index contributed by atoms with van der Waals surface area (Å²) in [5, 5.41) is 8.73. The summed E-state index contributed by atoms with van der Waals surface area (Å²) >= 11 is 6.44. The van der Waals surface area contributed by atoms with Crippen molar-refractivity contribution in [1.82, 2.24) is 14.9 Å². The largest absolute Gasteiger partial charge is 0.494 e. The van der Waals surface area contributed by atoms with Crippen molar-refractivity contribution in [2.45, 2.75) is 30.5 Å². The molecule has 2 heterocycles. The third-order valence-corrected chi connectivity index (χ3v) is 10.3. The number of hydrogen-bond acceptors (Lipinski definition) is 10. The first-order valence-electron chi connectivity index (χ1n) is 15.1. The lowest BCUT2D eigenvalue weighted by atomic mass is 10.1. The van der Waals surface area contributed by atoms with Crippen LogP contribution in [-0.2, 0) is 21.2 Å². The summed E-state index contributed by atoms with van der Waals surface area (Å²) in [6.45, 7) is 10.9. The molecule has 3 N–H and O–H groups in total. The van der Waals surface area contributed by atoms with Crippen LogP contribution in [0.5, 0.6) is 5.75 Å². The molecule has 13 heteroatoms. The summed E-state index contributed by atoms with van der Waals surface area (Å²) in [5.74, 6) is 0.529. The van der Waals surface area contributed by atoms with Crippen LogP contribution in [0.3, 0.4) is 0 Å². The molecule has 0 unspecified atom stereocenters. The lowest BCUT2D eigenvalue weighted by molar-refractivity contribution is -0.111. The van der Waals surface area contributed by atoms with Crippen molar-refractivity contribution in [3.8, 4) is 5.75 Å². The Morgan fingerprint density at radius 1 is 1.00 bits per heavy atom. The van der Waals surface area contributed by atoms with Gasteiger partial charge in [0.25, 0.3) is 0 Å².